The molecule has 1 aromatic heterocycles. The summed E-state index contributed by atoms with van der Waals surface area (Å²) < 4.78 is 2.92. The van der Waals surface area contributed by atoms with Crippen LogP contribution in [-0.4, -0.2) is 9.55 Å². The Morgan fingerprint density at radius 3 is 2.43 bits per heavy atom. The molecule has 0 atom stereocenters. The number of nitrogens with zero attached hydrogens (tertiary/aromatic N) is 2. The standard InChI is InChI=1S/C10H10BrN3/c1-7-6-14(10(12)13-7)9-4-2-8(11)3-5-9/h2-6H,1H3,(H2,12,13). The molecule has 0 aliphatic rings. The number of anilines is 1. The van der Waals surface area contributed by atoms with E-state index in [0.717, 1.165) is 15.9 Å². The first-order chi connectivity index (χ1) is 6.66. The van der Waals surface area contributed by atoms with Gasteiger partial charge in [-0.2, -0.15) is 0 Å². The molecule has 0 bridgehead atoms. The molecule has 3 nitrogen and oxygen atoms in total. The van der Waals surface area contributed by atoms with Crippen molar-refractivity contribution in [3.05, 3.63) is 40.6 Å². The molecular weight excluding hydrogens is 242 g/mol. The van der Waals surface area contributed by atoms with Gasteiger partial charge in [-0.25, -0.2) is 4.98 Å². The molecule has 72 valence electrons. The molecule has 4 heteroatoms. The largest absolute Gasteiger partial charge is 0.369 e. The number of aryl methyl sites for hydroxylation is 1. The number of hydrogen-bond donors (Lipinski definition) is 1. The maximum absolute atomic E-state index is 5.75. The number of rotatable bonds is 1. The van der Waals surface area contributed by atoms with Gasteiger partial charge < -0.3 is 5.73 Å². The number of aromatic nitrogens is 2. The number of hydrogen-bond acceptors (Lipinski definition) is 2. The molecular formula is C10H10BrN3. The van der Waals surface area contributed by atoms with Gasteiger partial charge >= 0.3 is 0 Å². The van der Waals surface area contributed by atoms with E-state index in [1.54, 1.807) is 0 Å². The third-order valence-electron chi connectivity index (χ3n) is 1.96. The Bertz CT molecular complexity index is 445. The van der Waals surface area contributed by atoms with Crippen molar-refractivity contribution in [1.29, 1.82) is 0 Å². The van der Waals surface area contributed by atoms with E-state index < -0.39 is 0 Å². The third-order valence-corrected chi connectivity index (χ3v) is 2.49. The normalized spacial score (nSPS) is 10.4. The summed E-state index contributed by atoms with van der Waals surface area (Å²) in [4.78, 5) is 4.14. The fourth-order valence-corrected chi connectivity index (χ4v) is 1.59. The Morgan fingerprint density at radius 2 is 1.93 bits per heavy atom. The highest BCUT2D eigenvalue weighted by Gasteiger charge is 2.02. The molecule has 2 N–H and O–H groups in total. The summed E-state index contributed by atoms with van der Waals surface area (Å²) in [6.45, 7) is 1.92. The minimum Gasteiger partial charge on any atom is -0.369 e. The van der Waals surface area contributed by atoms with E-state index in [0.29, 0.717) is 5.95 Å². The molecule has 1 aromatic carbocycles. The molecule has 14 heavy (non-hydrogen) atoms. The van der Waals surface area contributed by atoms with Crippen LogP contribution in [0.1, 0.15) is 5.69 Å². The fraction of sp³-hybridized carbons (Fsp3) is 0.100. The Morgan fingerprint density at radius 1 is 1.29 bits per heavy atom. The van der Waals surface area contributed by atoms with Crippen molar-refractivity contribution in [2.45, 2.75) is 6.92 Å². The van der Waals surface area contributed by atoms with Crippen LogP contribution in [0.15, 0.2) is 34.9 Å². The average molecular weight is 252 g/mol. The molecule has 0 amide bonds. The molecule has 0 saturated carbocycles. The Kier molecular flexibility index (Phi) is 2.29. The van der Waals surface area contributed by atoms with Crippen LogP contribution in [0.5, 0.6) is 0 Å². The Labute approximate surface area is 90.7 Å². The monoisotopic (exact) mass is 251 g/mol. The van der Waals surface area contributed by atoms with Crippen LogP contribution in [0.3, 0.4) is 0 Å². The second kappa shape index (κ2) is 3.46. The van der Waals surface area contributed by atoms with Gasteiger partial charge in [-0.15, -0.1) is 0 Å². The maximum Gasteiger partial charge on any atom is 0.205 e. The van der Waals surface area contributed by atoms with E-state index in [1.807, 2.05) is 42.0 Å². The summed E-state index contributed by atoms with van der Waals surface area (Å²) >= 11 is 3.39. The molecule has 0 radical (unpaired) electrons. The molecule has 2 rings (SSSR count). The van der Waals surface area contributed by atoms with Gasteiger partial charge in [0.2, 0.25) is 5.95 Å². The first kappa shape index (κ1) is 9.27. The summed E-state index contributed by atoms with van der Waals surface area (Å²) in [5.74, 6) is 0.518. The fourth-order valence-electron chi connectivity index (χ4n) is 1.32. The SMILES string of the molecule is Cc1cn(-c2ccc(Br)cc2)c(N)n1. The van der Waals surface area contributed by atoms with E-state index in [-0.39, 0.29) is 0 Å². The number of nitrogens with two attached hydrogens (primary N) is 1. The van der Waals surface area contributed by atoms with Crippen molar-refractivity contribution in [2.24, 2.45) is 0 Å². The first-order valence-electron chi connectivity index (χ1n) is 4.24. The molecule has 0 spiro atoms. The summed E-state index contributed by atoms with van der Waals surface area (Å²) in [6, 6.07) is 7.93. The summed E-state index contributed by atoms with van der Waals surface area (Å²) in [7, 11) is 0. The molecule has 0 aliphatic carbocycles. The van der Waals surface area contributed by atoms with Gasteiger partial charge in [0.15, 0.2) is 0 Å². The molecule has 0 unspecified atom stereocenters. The van der Waals surface area contributed by atoms with Gasteiger partial charge in [-0.05, 0) is 31.2 Å². The molecule has 2 aromatic rings. The van der Waals surface area contributed by atoms with Crippen molar-refractivity contribution in [3.8, 4) is 5.69 Å². The van der Waals surface area contributed by atoms with Crippen molar-refractivity contribution in [2.75, 3.05) is 5.73 Å². The van der Waals surface area contributed by atoms with Crippen molar-refractivity contribution in [3.63, 3.8) is 0 Å². The van der Waals surface area contributed by atoms with Crippen LogP contribution < -0.4 is 5.73 Å². The number of nitrogen functional groups attached to an aromatic ring is 1. The lowest BCUT2D eigenvalue weighted by molar-refractivity contribution is 1.07. The summed E-state index contributed by atoms with van der Waals surface area (Å²) in [5, 5.41) is 0. The second-order valence-electron chi connectivity index (χ2n) is 3.09. The smallest absolute Gasteiger partial charge is 0.205 e. The van der Waals surface area contributed by atoms with Gasteiger partial charge in [0.05, 0.1) is 5.69 Å². The van der Waals surface area contributed by atoms with Gasteiger partial charge in [-0.3, -0.25) is 4.57 Å². The van der Waals surface area contributed by atoms with Crippen molar-refractivity contribution < 1.29 is 0 Å². The van der Waals surface area contributed by atoms with Crippen molar-refractivity contribution in [1.82, 2.24) is 9.55 Å². The average Bonchev–Trinajstić information content (AvgIpc) is 2.47. The van der Waals surface area contributed by atoms with Crippen molar-refractivity contribution >= 4 is 21.9 Å². The first-order valence-corrected chi connectivity index (χ1v) is 5.03. The lowest BCUT2D eigenvalue weighted by Crippen LogP contribution is -1.98. The zero-order chi connectivity index (χ0) is 10.1. The lowest BCUT2D eigenvalue weighted by Gasteiger charge is -2.03. The van der Waals surface area contributed by atoms with Gasteiger partial charge in [0.25, 0.3) is 0 Å². The van der Waals surface area contributed by atoms with E-state index >= 15 is 0 Å². The minimum atomic E-state index is 0.518. The van der Waals surface area contributed by atoms with E-state index in [9.17, 15) is 0 Å². The summed E-state index contributed by atoms with van der Waals surface area (Å²) in [5.41, 5.74) is 7.69. The van der Waals surface area contributed by atoms with Crippen LogP contribution in [0.2, 0.25) is 0 Å². The molecule has 0 fully saturated rings. The Balaban J connectivity index is 2.49. The molecule has 0 aliphatic heterocycles. The highest BCUT2D eigenvalue weighted by Crippen LogP contribution is 2.17. The maximum atomic E-state index is 5.75. The zero-order valence-corrected chi connectivity index (χ0v) is 9.32. The van der Waals surface area contributed by atoms with Crippen LogP contribution in [-0.2, 0) is 0 Å². The number of imidazole rings is 1. The molecule has 0 saturated heterocycles. The third kappa shape index (κ3) is 1.65. The van der Waals surface area contributed by atoms with Crippen LogP contribution in [0.25, 0.3) is 5.69 Å². The van der Waals surface area contributed by atoms with Gasteiger partial charge in [0, 0.05) is 16.4 Å². The predicted molar refractivity (Wildman–Crippen MR) is 60.4 cm³/mol. The quantitative estimate of drug-likeness (QED) is 0.847. The summed E-state index contributed by atoms with van der Waals surface area (Å²) in [6.07, 6.45) is 1.92. The number of benzene rings is 1. The van der Waals surface area contributed by atoms with E-state index in [2.05, 4.69) is 20.9 Å². The van der Waals surface area contributed by atoms with Crippen LogP contribution in [0.4, 0.5) is 5.95 Å². The highest BCUT2D eigenvalue weighted by molar-refractivity contribution is 9.10. The van der Waals surface area contributed by atoms with E-state index in [1.165, 1.54) is 0 Å². The van der Waals surface area contributed by atoms with Gasteiger partial charge in [-0.1, -0.05) is 15.9 Å². The predicted octanol–water partition coefficient (Wildman–Crippen LogP) is 2.53. The minimum absolute atomic E-state index is 0.518. The lowest BCUT2D eigenvalue weighted by atomic mass is 10.3. The van der Waals surface area contributed by atoms with Crippen LogP contribution >= 0.6 is 15.9 Å². The van der Waals surface area contributed by atoms with Gasteiger partial charge in [0.1, 0.15) is 0 Å². The van der Waals surface area contributed by atoms with Crippen LogP contribution in [0, 0.1) is 6.92 Å². The topological polar surface area (TPSA) is 43.8 Å². The second-order valence-corrected chi connectivity index (χ2v) is 4.00. The zero-order valence-electron chi connectivity index (χ0n) is 7.74. The highest BCUT2D eigenvalue weighted by atomic mass is 79.9. The van der Waals surface area contributed by atoms with E-state index in [4.69, 9.17) is 5.73 Å². The molecule has 1 heterocycles. The Hall–Kier alpha value is -1.29. The number of halogens is 1.